The summed E-state index contributed by atoms with van der Waals surface area (Å²) in [4.78, 5) is 14.2. The number of carbonyl (C=O) groups excluding carboxylic acids is 1. The molecule has 0 unspecified atom stereocenters. The normalized spacial score (nSPS) is 10.2. The lowest BCUT2D eigenvalue weighted by Gasteiger charge is -2.26. The molecule has 1 aromatic rings. The Morgan fingerprint density at radius 3 is 2.57 bits per heavy atom. The Morgan fingerprint density at radius 2 is 2.05 bits per heavy atom. The van der Waals surface area contributed by atoms with E-state index in [0.29, 0.717) is 22.6 Å². The highest BCUT2D eigenvalue weighted by molar-refractivity contribution is 6.32. The number of aliphatic hydroxyl groups excluding tert-OH is 1. The Hall–Kier alpha value is -1.50. The lowest BCUT2D eigenvalue weighted by molar-refractivity contribution is 0.0723. The van der Waals surface area contributed by atoms with E-state index < -0.39 is 0 Å². The fourth-order valence-electron chi connectivity index (χ4n) is 2.17. The molecule has 1 amide bonds. The lowest BCUT2D eigenvalue weighted by Crippen LogP contribution is -2.36. The van der Waals surface area contributed by atoms with Crippen molar-refractivity contribution in [3.63, 3.8) is 0 Å². The molecule has 0 aromatic heterocycles. The Labute approximate surface area is 131 Å². The second-order valence-electron chi connectivity index (χ2n) is 4.86. The van der Waals surface area contributed by atoms with Gasteiger partial charge in [-0.25, -0.2) is 0 Å². The molecule has 0 bridgehead atoms. The molecule has 1 aromatic carbocycles. The summed E-state index contributed by atoms with van der Waals surface area (Å²) in [5, 5.41) is 9.17. The number of rotatable bonds is 5. The van der Waals surface area contributed by atoms with Crippen molar-refractivity contribution in [3.05, 3.63) is 34.3 Å². The van der Waals surface area contributed by atoms with Gasteiger partial charge in [-0.3, -0.25) is 4.79 Å². The Balaban J connectivity index is 2.93. The molecule has 3 nitrogen and oxygen atoms in total. The molecule has 0 saturated carbocycles. The molecular weight excluding hydrogens is 286 g/mol. The highest BCUT2D eigenvalue weighted by Crippen LogP contribution is 2.19. The first-order chi connectivity index (χ1) is 10.0. The number of hydrogen-bond acceptors (Lipinski definition) is 2. The largest absolute Gasteiger partial charge is 0.395 e. The van der Waals surface area contributed by atoms with Crippen LogP contribution in [0.4, 0.5) is 0 Å². The molecule has 0 spiro atoms. The van der Waals surface area contributed by atoms with Gasteiger partial charge in [0.15, 0.2) is 0 Å². The summed E-state index contributed by atoms with van der Waals surface area (Å²) < 4.78 is 0. The number of hydrogen-bond donors (Lipinski definition) is 1. The monoisotopic (exact) mass is 307 g/mol. The lowest BCUT2D eigenvalue weighted by atomic mass is 10.1. The minimum Gasteiger partial charge on any atom is -0.395 e. The molecule has 114 valence electrons. The average molecular weight is 308 g/mol. The van der Waals surface area contributed by atoms with Gasteiger partial charge in [0.05, 0.1) is 11.6 Å². The van der Waals surface area contributed by atoms with E-state index in [2.05, 4.69) is 25.7 Å². The van der Waals surface area contributed by atoms with Crippen LogP contribution in [-0.4, -0.2) is 35.6 Å². The van der Waals surface area contributed by atoms with Crippen LogP contribution in [0.1, 0.15) is 49.0 Å². The molecule has 0 atom stereocenters. The summed E-state index contributed by atoms with van der Waals surface area (Å²) in [6.07, 6.45) is 2.27. The fourth-order valence-corrected chi connectivity index (χ4v) is 2.40. The molecular formula is C17H22ClNO2. The van der Waals surface area contributed by atoms with Crippen molar-refractivity contribution in [2.24, 2.45) is 0 Å². The predicted octanol–water partition coefficient (Wildman–Crippen LogP) is 3.33. The first-order valence-electron chi connectivity index (χ1n) is 7.21. The van der Waals surface area contributed by atoms with Crippen LogP contribution in [0.2, 0.25) is 5.02 Å². The van der Waals surface area contributed by atoms with Crippen LogP contribution >= 0.6 is 11.6 Å². The van der Waals surface area contributed by atoms with Crippen LogP contribution in [0.15, 0.2) is 18.2 Å². The molecule has 0 fully saturated rings. The maximum atomic E-state index is 12.4. The van der Waals surface area contributed by atoms with E-state index in [-0.39, 0.29) is 18.6 Å². The zero-order valence-electron chi connectivity index (χ0n) is 12.8. The van der Waals surface area contributed by atoms with E-state index >= 15 is 0 Å². The summed E-state index contributed by atoms with van der Waals surface area (Å²) in [6, 6.07) is 5.39. The van der Waals surface area contributed by atoms with Gasteiger partial charge in [0.1, 0.15) is 0 Å². The zero-order chi connectivity index (χ0) is 15.8. The third-order valence-electron chi connectivity index (χ3n) is 3.49. The summed E-state index contributed by atoms with van der Waals surface area (Å²) in [6.45, 7) is 4.18. The van der Waals surface area contributed by atoms with Gasteiger partial charge in [0.2, 0.25) is 0 Å². The first kappa shape index (κ1) is 17.6. The summed E-state index contributed by atoms with van der Waals surface area (Å²) in [5.74, 6) is 5.68. The Bertz CT molecular complexity index is 541. The SMILES string of the molecule is CCC(CC)N(C)C(=O)c1ccc(C#CCCO)c(Cl)c1. The molecule has 0 aliphatic rings. The van der Waals surface area contributed by atoms with E-state index in [0.717, 1.165) is 12.8 Å². The maximum Gasteiger partial charge on any atom is 0.253 e. The van der Waals surface area contributed by atoms with E-state index in [1.165, 1.54) is 0 Å². The van der Waals surface area contributed by atoms with Crippen molar-refractivity contribution in [2.75, 3.05) is 13.7 Å². The quantitative estimate of drug-likeness (QED) is 0.848. The highest BCUT2D eigenvalue weighted by Gasteiger charge is 2.18. The summed E-state index contributed by atoms with van der Waals surface area (Å²) in [5.41, 5.74) is 1.24. The van der Waals surface area contributed by atoms with Gasteiger partial charge in [0.25, 0.3) is 5.91 Å². The average Bonchev–Trinajstić information content (AvgIpc) is 2.49. The van der Waals surface area contributed by atoms with Crippen LogP contribution in [0, 0.1) is 11.8 Å². The topological polar surface area (TPSA) is 40.5 Å². The second kappa shape index (κ2) is 8.71. The van der Waals surface area contributed by atoms with Crippen LogP contribution in [0.3, 0.4) is 0 Å². The first-order valence-corrected chi connectivity index (χ1v) is 7.59. The number of benzene rings is 1. The van der Waals surface area contributed by atoms with Crippen LogP contribution < -0.4 is 0 Å². The molecule has 0 heterocycles. The maximum absolute atomic E-state index is 12.4. The predicted molar refractivity (Wildman–Crippen MR) is 86.5 cm³/mol. The van der Waals surface area contributed by atoms with Crippen molar-refractivity contribution in [1.29, 1.82) is 0 Å². The summed E-state index contributed by atoms with van der Waals surface area (Å²) in [7, 11) is 1.82. The smallest absolute Gasteiger partial charge is 0.253 e. The molecule has 1 N–H and O–H groups in total. The van der Waals surface area contributed by atoms with Gasteiger partial charge in [-0.2, -0.15) is 0 Å². The van der Waals surface area contributed by atoms with E-state index in [1.54, 1.807) is 23.1 Å². The minimum absolute atomic E-state index is 0.0273. The zero-order valence-corrected chi connectivity index (χ0v) is 13.6. The molecule has 1 rings (SSSR count). The highest BCUT2D eigenvalue weighted by atomic mass is 35.5. The third kappa shape index (κ3) is 4.77. The Morgan fingerprint density at radius 1 is 1.38 bits per heavy atom. The van der Waals surface area contributed by atoms with Crippen molar-refractivity contribution in [1.82, 2.24) is 4.90 Å². The minimum atomic E-state index is -0.0273. The van der Waals surface area contributed by atoms with Crippen molar-refractivity contribution in [2.45, 2.75) is 39.2 Å². The fraction of sp³-hybridized carbons (Fsp3) is 0.471. The van der Waals surface area contributed by atoms with Crippen LogP contribution in [-0.2, 0) is 0 Å². The molecule has 4 heteroatoms. The standard InChI is InChI=1S/C17H22ClNO2/c1-4-15(5-2)19(3)17(21)14-10-9-13(16(18)12-14)8-6-7-11-20/h9-10,12,15,20H,4-5,7,11H2,1-3H3. The van der Waals surface area contributed by atoms with Crippen LogP contribution in [0.25, 0.3) is 0 Å². The molecule has 0 aliphatic heterocycles. The van der Waals surface area contributed by atoms with E-state index in [1.807, 2.05) is 7.05 Å². The van der Waals surface area contributed by atoms with Crippen LogP contribution in [0.5, 0.6) is 0 Å². The number of aliphatic hydroxyl groups is 1. The van der Waals surface area contributed by atoms with Gasteiger partial charge in [-0.05, 0) is 31.0 Å². The van der Waals surface area contributed by atoms with Gasteiger partial charge < -0.3 is 10.0 Å². The molecule has 0 saturated heterocycles. The molecule has 21 heavy (non-hydrogen) atoms. The molecule has 0 radical (unpaired) electrons. The number of halogens is 1. The van der Waals surface area contributed by atoms with E-state index in [4.69, 9.17) is 16.7 Å². The summed E-state index contributed by atoms with van der Waals surface area (Å²) >= 11 is 6.17. The van der Waals surface area contributed by atoms with Crippen molar-refractivity contribution in [3.8, 4) is 11.8 Å². The molecule has 0 aliphatic carbocycles. The van der Waals surface area contributed by atoms with Crippen molar-refractivity contribution >= 4 is 17.5 Å². The number of carbonyl (C=O) groups is 1. The number of nitrogens with zero attached hydrogens (tertiary/aromatic N) is 1. The van der Waals surface area contributed by atoms with Gasteiger partial charge in [0, 0.05) is 30.6 Å². The van der Waals surface area contributed by atoms with Gasteiger partial charge >= 0.3 is 0 Å². The van der Waals surface area contributed by atoms with Gasteiger partial charge in [-0.1, -0.05) is 37.3 Å². The number of amides is 1. The third-order valence-corrected chi connectivity index (χ3v) is 3.80. The van der Waals surface area contributed by atoms with E-state index in [9.17, 15) is 4.79 Å². The second-order valence-corrected chi connectivity index (χ2v) is 5.26. The Kier molecular flexibility index (Phi) is 7.28. The van der Waals surface area contributed by atoms with Gasteiger partial charge in [-0.15, -0.1) is 0 Å². The van der Waals surface area contributed by atoms with Crippen molar-refractivity contribution < 1.29 is 9.90 Å².